The molecule has 0 atom stereocenters. The Hall–Kier alpha value is -0.600. The molecular formula is C10H12BrN. The number of hydrogen-bond acceptors (Lipinski definition) is 1. The summed E-state index contributed by atoms with van der Waals surface area (Å²) < 4.78 is 1.11. The summed E-state index contributed by atoms with van der Waals surface area (Å²) in [6.45, 7) is 0.713. The van der Waals surface area contributed by atoms with Crippen molar-refractivity contribution >= 4 is 22.0 Å². The number of hydrogen-bond donors (Lipinski definition) is 1. The van der Waals surface area contributed by atoms with Crippen LogP contribution in [0.2, 0.25) is 0 Å². The van der Waals surface area contributed by atoms with Gasteiger partial charge in [-0.3, -0.25) is 0 Å². The lowest BCUT2D eigenvalue weighted by Gasteiger charge is -1.93. The van der Waals surface area contributed by atoms with E-state index in [1.54, 1.807) is 0 Å². The average molecular weight is 226 g/mol. The maximum absolute atomic E-state index is 5.36. The average Bonchev–Trinajstić information content (AvgIpc) is 2.05. The van der Waals surface area contributed by atoms with E-state index in [0.717, 1.165) is 10.9 Å². The standard InChI is InChI=1S/C10H12BrN/c11-10-6-3-5-9(8-10)4-1-2-7-12/h1,3-6,8H,2,7,12H2. The Morgan fingerprint density at radius 3 is 2.92 bits per heavy atom. The predicted octanol–water partition coefficient (Wildman–Crippen LogP) is 2.81. The van der Waals surface area contributed by atoms with Crippen LogP contribution in [0.1, 0.15) is 12.0 Å². The van der Waals surface area contributed by atoms with Crippen LogP contribution in [-0.2, 0) is 0 Å². The normalized spacial score (nSPS) is 10.8. The van der Waals surface area contributed by atoms with Crippen LogP contribution in [0, 0.1) is 0 Å². The van der Waals surface area contributed by atoms with Crippen LogP contribution in [0.5, 0.6) is 0 Å². The lowest BCUT2D eigenvalue weighted by molar-refractivity contribution is 1.01. The lowest BCUT2D eigenvalue weighted by Crippen LogP contribution is -1.94. The molecule has 0 spiro atoms. The van der Waals surface area contributed by atoms with Gasteiger partial charge in [0.15, 0.2) is 0 Å². The van der Waals surface area contributed by atoms with Gasteiger partial charge in [-0.2, -0.15) is 0 Å². The van der Waals surface area contributed by atoms with E-state index in [0.29, 0.717) is 6.54 Å². The molecule has 0 heterocycles. The molecule has 0 aliphatic heterocycles. The Balaban J connectivity index is 2.63. The monoisotopic (exact) mass is 225 g/mol. The van der Waals surface area contributed by atoms with Crippen LogP contribution in [0.25, 0.3) is 6.08 Å². The predicted molar refractivity (Wildman–Crippen MR) is 56.8 cm³/mol. The first-order chi connectivity index (χ1) is 5.83. The molecule has 0 bridgehead atoms. The minimum atomic E-state index is 0.713. The first-order valence-electron chi connectivity index (χ1n) is 3.95. The molecule has 0 aliphatic rings. The largest absolute Gasteiger partial charge is 0.330 e. The van der Waals surface area contributed by atoms with E-state index in [-0.39, 0.29) is 0 Å². The minimum absolute atomic E-state index is 0.713. The van der Waals surface area contributed by atoms with Crippen molar-refractivity contribution in [3.63, 3.8) is 0 Å². The first kappa shape index (κ1) is 9.49. The third-order valence-corrected chi connectivity index (χ3v) is 1.99. The maximum atomic E-state index is 5.36. The highest BCUT2D eigenvalue weighted by Gasteiger charge is 1.86. The molecule has 1 nitrogen and oxygen atoms in total. The summed E-state index contributed by atoms with van der Waals surface area (Å²) in [5, 5.41) is 0. The van der Waals surface area contributed by atoms with Gasteiger partial charge in [0.1, 0.15) is 0 Å². The molecule has 0 amide bonds. The topological polar surface area (TPSA) is 26.0 Å². The molecule has 0 radical (unpaired) electrons. The van der Waals surface area contributed by atoms with E-state index in [1.165, 1.54) is 5.56 Å². The van der Waals surface area contributed by atoms with E-state index < -0.39 is 0 Å². The molecule has 64 valence electrons. The van der Waals surface area contributed by atoms with Crippen molar-refractivity contribution in [2.45, 2.75) is 6.42 Å². The fourth-order valence-electron chi connectivity index (χ4n) is 0.926. The smallest absolute Gasteiger partial charge is 0.0181 e. The third-order valence-electron chi connectivity index (χ3n) is 1.49. The summed E-state index contributed by atoms with van der Waals surface area (Å²) in [7, 11) is 0. The molecule has 0 aromatic heterocycles. The summed E-state index contributed by atoms with van der Waals surface area (Å²) in [4.78, 5) is 0. The Morgan fingerprint density at radius 1 is 1.42 bits per heavy atom. The van der Waals surface area contributed by atoms with Crippen molar-refractivity contribution in [1.82, 2.24) is 0 Å². The molecule has 2 N–H and O–H groups in total. The number of benzene rings is 1. The lowest BCUT2D eigenvalue weighted by atomic mass is 10.2. The highest BCUT2D eigenvalue weighted by Crippen LogP contribution is 2.12. The van der Waals surface area contributed by atoms with Gasteiger partial charge in [-0.15, -0.1) is 0 Å². The molecule has 0 aliphatic carbocycles. The van der Waals surface area contributed by atoms with Crippen LogP contribution < -0.4 is 5.73 Å². The zero-order valence-corrected chi connectivity index (χ0v) is 8.42. The minimum Gasteiger partial charge on any atom is -0.330 e. The van der Waals surface area contributed by atoms with Crippen LogP contribution >= 0.6 is 15.9 Å². The second-order valence-electron chi connectivity index (χ2n) is 2.53. The molecule has 1 rings (SSSR count). The Kier molecular flexibility index (Phi) is 4.05. The van der Waals surface area contributed by atoms with Crippen LogP contribution in [-0.4, -0.2) is 6.54 Å². The molecule has 0 unspecified atom stereocenters. The van der Waals surface area contributed by atoms with Gasteiger partial charge >= 0.3 is 0 Å². The quantitative estimate of drug-likeness (QED) is 0.842. The summed E-state index contributed by atoms with van der Waals surface area (Å²) >= 11 is 3.41. The molecular weight excluding hydrogens is 214 g/mol. The fraction of sp³-hybridized carbons (Fsp3) is 0.200. The second kappa shape index (κ2) is 5.12. The number of nitrogens with two attached hydrogens (primary N) is 1. The second-order valence-corrected chi connectivity index (χ2v) is 3.45. The fourth-order valence-corrected chi connectivity index (χ4v) is 1.34. The van der Waals surface area contributed by atoms with Gasteiger partial charge in [-0.05, 0) is 30.7 Å². The molecule has 0 saturated carbocycles. The van der Waals surface area contributed by atoms with Crippen molar-refractivity contribution < 1.29 is 0 Å². The highest BCUT2D eigenvalue weighted by atomic mass is 79.9. The summed E-state index contributed by atoms with van der Waals surface area (Å²) in [6.07, 6.45) is 5.10. The van der Waals surface area contributed by atoms with Gasteiger partial charge in [0, 0.05) is 4.47 Å². The van der Waals surface area contributed by atoms with E-state index in [4.69, 9.17) is 5.73 Å². The van der Waals surface area contributed by atoms with E-state index >= 15 is 0 Å². The SMILES string of the molecule is NCCC=Cc1cccc(Br)c1. The van der Waals surface area contributed by atoms with Crippen molar-refractivity contribution in [3.05, 3.63) is 40.4 Å². The van der Waals surface area contributed by atoms with E-state index in [1.807, 2.05) is 12.1 Å². The van der Waals surface area contributed by atoms with Gasteiger partial charge < -0.3 is 5.73 Å². The Labute approximate surface area is 81.4 Å². The van der Waals surface area contributed by atoms with Crippen molar-refractivity contribution in [1.29, 1.82) is 0 Å². The van der Waals surface area contributed by atoms with E-state index in [9.17, 15) is 0 Å². The van der Waals surface area contributed by atoms with Gasteiger partial charge in [0.2, 0.25) is 0 Å². The molecule has 0 saturated heterocycles. The molecule has 12 heavy (non-hydrogen) atoms. The third kappa shape index (κ3) is 3.20. The number of halogens is 1. The first-order valence-corrected chi connectivity index (χ1v) is 4.74. The summed E-state index contributed by atoms with van der Waals surface area (Å²) in [5.41, 5.74) is 6.57. The Morgan fingerprint density at radius 2 is 2.25 bits per heavy atom. The van der Waals surface area contributed by atoms with Gasteiger partial charge in [0.25, 0.3) is 0 Å². The Bertz CT molecular complexity index is 268. The summed E-state index contributed by atoms with van der Waals surface area (Å²) in [5.74, 6) is 0. The van der Waals surface area contributed by atoms with E-state index in [2.05, 4.69) is 40.2 Å². The van der Waals surface area contributed by atoms with Crippen LogP contribution in [0.3, 0.4) is 0 Å². The van der Waals surface area contributed by atoms with Crippen LogP contribution in [0.15, 0.2) is 34.8 Å². The molecule has 0 fully saturated rings. The molecule has 2 heteroatoms. The van der Waals surface area contributed by atoms with Crippen molar-refractivity contribution in [3.8, 4) is 0 Å². The summed E-state index contributed by atoms with van der Waals surface area (Å²) in [6, 6.07) is 8.18. The van der Waals surface area contributed by atoms with Crippen LogP contribution in [0.4, 0.5) is 0 Å². The molecule has 1 aromatic carbocycles. The van der Waals surface area contributed by atoms with Crippen molar-refractivity contribution in [2.24, 2.45) is 5.73 Å². The van der Waals surface area contributed by atoms with Gasteiger partial charge in [0.05, 0.1) is 0 Å². The van der Waals surface area contributed by atoms with Gasteiger partial charge in [-0.25, -0.2) is 0 Å². The zero-order valence-electron chi connectivity index (χ0n) is 6.83. The molecule has 1 aromatic rings. The maximum Gasteiger partial charge on any atom is 0.0181 e. The highest BCUT2D eigenvalue weighted by molar-refractivity contribution is 9.10. The zero-order chi connectivity index (χ0) is 8.81. The van der Waals surface area contributed by atoms with Crippen molar-refractivity contribution in [2.75, 3.05) is 6.54 Å². The van der Waals surface area contributed by atoms with Gasteiger partial charge in [-0.1, -0.05) is 40.2 Å². The number of rotatable bonds is 3.